The zero-order chi connectivity index (χ0) is 17.2. The van der Waals surface area contributed by atoms with Crippen LogP contribution in [-0.2, 0) is 0 Å². The van der Waals surface area contributed by atoms with Crippen molar-refractivity contribution in [1.82, 2.24) is 15.0 Å². The number of hydrogen-bond donors (Lipinski definition) is 1. The number of pyridine rings is 1. The molecule has 0 aliphatic heterocycles. The zero-order valence-electron chi connectivity index (χ0n) is 13.3. The van der Waals surface area contributed by atoms with Gasteiger partial charge in [0.2, 0.25) is 5.28 Å². The third kappa shape index (κ3) is 3.67. The Hall–Kier alpha value is -2.79. The molecular formula is C19H15ClN4O. The smallest absolute Gasteiger partial charge is 0.259 e. The van der Waals surface area contributed by atoms with Crippen LogP contribution in [0.2, 0.25) is 5.28 Å². The Kier molecular flexibility index (Phi) is 4.15. The molecule has 1 amide bonds. The second-order valence-corrected chi connectivity index (χ2v) is 6.36. The predicted molar refractivity (Wildman–Crippen MR) is 96.6 cm³/mol. The van der Waals surface area contributed by atoms with Gasteiger partial charge in [0.05, 0.1) is 5.56 Å². The molecule has 1 aliphatic carbocycles. The quantitative estimate of drug-likeness (QED) is 0.711. The molecule has 2 aromatic heterocycles. The van der Waals surface area contributed by atoms with Crippen molar-refractivity contribution in [1.29, 1.82) is 0 Å². The van der Waals surface area contributed by atoms with Crippen molar-refractivity contribution in [2.45, 2.75) is 18.8 Å². The number of carbonyl (C=O) groups is 1. The monoisotopic (exact) mass is 350 g/mol. The normalized spacial score (nSPS) is 13.5. The van der Waals surface area contributed by atoms with E-state index in [4.69, 9.17) is 11.6 Å². The molecule has 1 N–H and O–H groups in total. The molecule has 5 nitrogen and oxygen atoms in total. The maximum atomic E-state index is 12.1. The van der Waals surface area contributed by atoms with E-state index in [9.17, 15) is 4.79 Å². The molecule has 1 aliphatic rings. The maximum Gasteiger partial charge on any atom is 0.259 e. The number of hydrogen-bond acceptors (Lipinski definition) is 4. The van der Waals surface area contributed by atoms with Gasteiger partial charge < -0.3 is 5.32 Å². The van der Waals surface area contributed by atoms with E-state index in [1.165, 1.54) is 30.8 Å². The largest absolute Gasteiger partial charge is 0.306 e. The van der Waals surface area contributed by atoms with Crippen molar-refractivity contribution >= 4 is 23.3 Å². The van der Waals surface area contributed by atoms with Crippen molar-refractivity contribution in [3.8, 4) is 11.1 Å². The van der Waals surface area contributed by atoms with E-state index in [0.717, 1.165) is 11.1 Å². The van der Waals surface area contributed by atoms with Crippen molar-refractivity contribution < 1.29 is 4.79 Å². The molecule has 0 bridgehead atoms. The lowest BCUT2D eigenvalue weighted by Gasteiger charge is -2.07. The van der Waals surface area contributed by atoms with Crippen LogP contribution < -0.4 is 5.32 Å². The van der Waals surface area contributed by atoms with E-state index >= 15 is 0 Å². The maximum absolute atomic E-state index is 12.1. The van der Waals surface area contributed by atoms with E-state index in [-0.39, 0.29) is 11.2 Å². The molecule has 0 spiro atoms. The van der Waals surface area contributed by atoms with Crippen LogP contribution in [0.25, 0.3) is 11.1 Å². The van der Waals surface area contributed by atoms with Gasteiger partial charge in [-0.1, -0.05) is 24.3 Å². The number of rotatable bonds is 4. The first-order valence-corrected chi connectivity index (χ1v) is 8.42. The zero-order valence-corrected chi connectivity index (χ0v) is 14.1. The number of anilines is 1. The fourth-order valence-corrected chi connectivity index (χ4v) is 2.74. The van der Waals surface area contributed by atoms with E-state index in [0.29, 0.717) is 17.3 Å². The molecule has 1 fully saturated rings. The molecule has 124 valence electrons. The lowest BCUT2D eigenvalue weighted by Crippen LogP contribution is -2.13. The van der Waals surface area contributed by atoms with Gasteiger partial charge in [-0.25, -0.2) is 15.0 Å². The standard InChI is InChI=1S/C19H15ClN4O/c20-19-22-10-16(11-23-19)18(25)24-17-7-6-15(9-21-17)14-3-1-2-13(8-14)12-4-5-12/h1-3,6-12H,4-5H2,(H,21,24,25). The molecule has 1 aromatic carbocycles. The van der Waals surface area contributed by atoms with Gasteiger partial charge in [-0.05, 0) is 53.6 Å². The van der Waals surface area contributed by atoms with Crippen molar-refractivity contribution in [2.24, 2.45) is 0 Å². The molecule has 0 unspecified atom stereocenters. The summed E-state index contributed by atoms with van der Waals surface area (Å²) in [4.78, 5) is 24.1. The topological polar surface area (TPSA) is 67.8 Å². The van der Waals surface area contributed by atoms with Crippen molar-refractivity contribution in [3.63, 3.8) is 0 Å². The van der Waals surface area contributed by atoms with E-state index in [1.807, 2.05) is 6.07 Å². The van der Waals surface area contributed by atoms with Crippen LogP contribution in [0.5, 0.6) is 0 Å². The summed E-state index contributed by atoms with van der Waals surface area (Å²) in [6, 6.07) is 12.3. The third-order valence-corrected chi connectivity index (χ3v) is 4.35. The van der Waals surface area contributed by atoms with Crippen molar-refractivity contribution in [3.05, 3.63) is 71.4 Å². The van der Waals surface area contributed by atoms with Crippen molar-refractivity contribution in [2.75, 3.05) is 5.32 Å². The van der Waals surface area contributed by atoms with Crippen LogP contribution in [-0.4, -0.2) is 20.9 Å². The Labute approximate surface area is 150 Å². The van der Waals surface area contributed by atoms with Gasteiger partial charge in [-0.2, -0.15) is 0 Å². The first kappa shape index (κ1) is 15.7. The Morgan fingerprint density at radius 1 is 1.00 bits per heavy atom. The van der Waals surface area contributed by atoms with Gasteiger partial charge in [0.1, 0.15) is 5.82 Å². The summed E-state index contributed by atoms with van der Waals surface area (Å²) in [5.74, 6) is 0.864. The van der Waals surface area contributed by atoms with E-state index < -0.39 is 0 Å². The highest BCUT2D eigenvalue weighted by atomic mass is 35.5. The molecule has 25 heavy (non-hydrogen) atoms. The minimum Gasteiger partial charge on any atom is -0.306 e. The average molecular weight is 351 g/mol. The first-order valence-electron chi connectivity index (χ1n) is 8.04. The van der Waals surface area contributed by atoms with Gasteiger partial charge in [0.25, 0.3) is 5.91 Å². The molecule has 6 heteroatoms. The molecule has 4 rings (SSSR count). The molecule has 1 saturated carbocycles. The van der Waals surface area contributed by atoms with Gasteiger partial charge in [-0.15, -0.1) is 0 Å². The number of halogens is 1. The highest BCUT2D eigenvalue weighted by molar-refractivity contribution is 6.28. The summed E-state index contributed by atoms with van der Waals surface area (Å²) in [5.41, 5.74) is 3.88. The average Bonchev–Trinajstić information content (AvgIpc) is 3.48. The summed E-state index contributed by atoms with van der Waals surface area (Å²) < 4.78 is 0. The van der Waals surface area contributed by atoms with Crippen LogP contribution in [0, 0.1) is 0 Å². The van der Waals surface area contributed by atoms with Crippen LogP contribution >= 0.6 is 11.6 Å². The second-order valence-electron chi connectivity index (χ2n) is 6.03. The Morgan fingerprint density at radius 3 is 2.48 bits per heavy atom. The van der Waals surface area contributed by atoms with Crippen LogP contribution in [0.15, 0.2) is 55.0 Å². The minimum absolute atomic E-state index is 0.104. The Balaban J connectivity index is 1.49. The van der Waals surface area contributed by atoms with Crippen LogP contribution in [0.4, 0.5) is 5.82 Å². The summed E-state index contributed by atoms with van der Waals surface area (Å²) in [6.45, 7) is 0. The summed E-state index contributed by atoms with van der Waals surface area (Å²) in [6.07, 6.45) is 7.08. The third-order valence-electron chi connectivity index (χ3n) is 4.16. The number of aromatic nitrogens is 3. The summed E-state index contributed by atoms with van der Waals surface area (Å²) in [7, 11) is 0. The molecule has 2 heterocycles. The molecule has 0 atom stereocenters. The Bertz CT molecular complexity index is 905. The molecule has 0 saturated heterocycles. The highest BCUT2D eigenvalue weighted by Gasteiger charge is 2.23. The van der Waals surface area contributed by atoms with E-state index in [1.54, 1.807) is 12.3 Å². The predicted octanol–water partition coefficient (Wildman–Crippen LogP) is 4.32. The lowest BCUT2D eigenvalue weighted by atomic mass is 10.0. The first-order chi connectivity index (χ1) is 12.2. The lowest BCUT2D eigenvalue weighted by molar-refractivity contribution is 0.102. The highest BCUT2D eigenvalue weighted by Crippen LogP contribution is 2.41. The van der Waals surface area contributed by atoms with Gasteiger partial charge in [0.15, 0.2) is 0 Å². The molecule has 3 aromatic rings. The number of benzene rings is 1. The van der Waals surface area contributed by atoms with Crippen LogP contribution in [0.1, 0.15) is 34.7 Å². The molecule has 0 radical (unpaired) electrons. The summed E-state index contributed by atoms with van der Waals surface area (Å²) in [5, 5.41) is 2.83. The Morgan fingerprint density at radius 2 is 1.80 bits per heavy atom. The fraction of sp³-hybridized carbons (Fsp3) is 0.158. The van der Waals surface area contributed by atoms with Gasteiger partial charge >= 0.3 is 0 Å². The molecular weight excluding hydrogens is 336 g/mol. The van der Waals surface area contributed by atoms with E-state index in [2.05, 4.69) is 44.5 Å². The van der Waals surface area contributed by atoms with Crippen LogP contribution in [0.3, 0.4) is 0 Å². The number of nitrogens with one attached hydrogen (secondary N) is 1. The SMILES string of the molecule is O=C(Nc1ccc(-c2cccc(C3CC3)c2)cn1)c1cnc(Cl)nc1. The number of nitrogens with zero attached hydrogens (tertiary/aromatic N) is 3. The summed E-state index contributed by atoms with van der Waals surface area (Å²) >= 11 is 5.62. The second kappa shape index (κ2) is 6.61. The number of amides is 1. The number of carbonyl (C=O) groups excluding carboxylic acids is 1. The van der Waals surface area contributed by atoms with Gasteiger partial charge in [0, 0.05) is 24.2 Å². The fourth-order valence-electron chi connectivity index (χ4n) is 2.65. The minimum atomic E-state index is -0.326. The van der Waals surface area contributed by atoms with Gasteiger partial charge in [-0.3, -0.25) is 4.79 Å².